The molecule has 0 aromatic heterocycles. The Labute approximate surface area is 172 Å². The highest BCUT2D eigenvalue weighted by molar-refractivity contribution is 6.76. The van der Waals surface area contributed by atoms with E-state index in [1.165, 1.54) is 18.2 Å². The molecule has 0 spiro atoms. The van der Waals surface area contributed by atoms with E-state index in [0.29, 0.717) is 22.3 Å². The molecule has 2 aromatic rings. The average molecular weight is 408 g/mol. The summed E-state index contributed by atoms with van der Waals surface area (Å²) in [6.07, 6.45) is 0.769. The molecule has 0 saturated heterocycles. The second kappa shape index (κ2) is 10.2. The first kappa shape index (κ1) is 23.6. The van der Waals surface area contributed by atoms with Crippen molar-refractivity contribution in [1.29, 1.82) is 10.5 Å². The highest BCUT2D eigenvalue weighted by Gasteiger charge is 2.15. The van der Waals surface area contributed by atoms with Gasteiger partial charge in [0.1, 0.15) is 0 Å². The lowest BCUT2D eigenvalue weighted by Crippen LogP contribution is -2.39. The van der Waals surface area contributed by atoms with Crippen molar-refractivity contribution in [3.8, 4) is 12.1 Å². The molecule has 0 bridgehead atoms. The summed E-state index contributed by atoms with van der Waals surface area (Å²) in [4.78, 5) is 22.3. The molecule has 0 aliphatic carbocycles. The van der Waals surface area contributed by atoms with Crippen molar-refractivity contribution in [1.82, 2.24) is 5.32 Å². The van der Waals surface area contributed by atoms with Crippen LogP contribution in [-0.4, -0.2) is 31.2 Å². The SMILES string of the molecule is Cc1cc(C(=O)NC[Si](C)(C)C)ccc1C#N.Cc1cc(C(=O)O)ccc1C#N. The molecule has 150 valence electrons. The number of carbonyl (C=O) groups is 2. The van der Waals surface area contributed by atoms with Gasteiger partial charge in [-0.05, 0) is 61.4 Å². The number of aromatic carboxylic acids is 1. The van der Waals surface area contributed by atoms with E-state index in [2.05, 4.69) is 31.0 Å². The summed E-state index contributed by atoms with van der Waals surface area (Å²) in [7, 11) is -1.27. The van der Waals surface area contributed by atoms with Crippen molar-refractivity contribution in [3.63, 3.8) is 0 Å². The normalized spacial score (nSPS) is 10.0. The second-order valence-corrected chi connectivity index (χ2v) is 13.3. The largest absolute Gasteiger partial charge is 0.478 e. The van der Waals surface area contributed by atoms with Gasteiger partial charge in [0.2, 0.25) is 0 Å². The van der Waals surface area contributed by atoms with Crippen LogP contribution in [0, 0.1) is 36.5 Å². The van der Waals surface area contributed by atoms with E-state index in [1.807, 2.05) is 13.0 Å². The minimum Gasteiger partial charge on any atom is -0.478 e. The molecule has 6 nitrogen and oxygen atoms in total. The van der Waals surface area contributed by atoms with Gasteiger partial charge in [0, 0.05) is 11.7 Å². The summed E-state index contributed by atoms with van der Waals surface area (Å²) in [6.45, 7) is 10.2. The maximum Gasteiger partial charge on any atom is 0.335 e. The van der Waals surface area contributed by atoms with Crippen molar-refractivity contribution in [2.75, 3.05) is 6.17 Å². The van der Waals surface area contributed by atoms with Crippen molar-refractivity contribution in [2.45, 2.75) is 33.5 Å². The summed E-state index contributed by atoms with van der Waals surface area (Å²) < 4.78 is 0. The van der Waals surface area contributed by atoms with Gasteiger partial charge in [-0.2, -0.15) is 10.5 Å². The molecule has 2 aromatic carbocycles. The van der Waals surface area contributed by atoms with Crippen LogP contribution in [0.15, 0.2) is 36.4 Å². The minimum absolute atomic E-state index is 0.0555. The zero-order valence-corrected chi connectivity index (χ0v) is 18.3. The molecular formula is C22H25N3O3Si. The molecule has 29 heavy (non-hydrogen) atoms. The van der Waals surface area contributed by atoms with Crippen LogP contribution >= 0.6 is 0 Å². The second-order valence-electron chi connectivity index (χ2n) is 7.83. The first-order valence-electron chi connectivity index (χ1n) is 9.01. The summed E-state index contributed by atoms with van der Waals surface area (Å²) in [5.74, 6) is -1.03. The number of carboxylic acid groups (broad SMARTS) is 1. The van der Waals surface area contributed by atoms with Gasteiger partial charge in [0.25, 0.3) is 5.91 Å². The number of benzene rings is 2. The third-order valence-corrected chi connectivity index (χ3v) is 5.22. The summed E-state index contributed by atoms with van der Waals surface area (Å²) in [6, 6.07) is 13.6. The Morgan fingerprint density at radius 1 is 0.931 bits per heavy atom. The Balaban J connectivity index is 0.000000308. The molecule has 2 N–H and O–H groups in total. The molecule has 0 unspecified atom stereocenters. The average Bonchev–Trinajstić information content (AvgIpc) is 2.65. The standard InChI is InChI=1S/C13H18N2OSi.C9H7NO2/c1-10-7-11(5-6-12(10)8-14)13(16)15-9-17(2,3)4;1-6-4-7(9(11)12)2-3-8(6)5-10/h5-7H,9H2,1-4H3,(H,15,16);2-4H,1H3,(H,11,12). The molecule has 1 amide bonds. The predicted octanol–water partition coefficient (Wildman–Crippen LogP) is 4.04. The molecule has 0 radical (unpaired) electrons. The number of amides is 1. The van der Waals surface area contributed by atoms with Gasteiger partial charge in [0.15, 0.2) is 0 Å². The van der Waals surface area contributed by atoms with Crippen molar-refractivity contribution in [2.24, 2.45) is 0 Å². The first-order chi connectivity index (χ1) is 13.5. The number of aryl methyl sites for hydroxylation is 2. The maximum absolute atomic E-state index is 11.9. The number of carboxylic acids is 1. The topological polar surface area (TPSA) is 114 Å². The minimum atomic E-state index is -1.27. The van der Waals surface area contributed by atoms with Gasteiger partial charge in [-0.3, -0.25) is 4.79 Å². The smallest absolute Gasteiger partial charge is 0.335 e. The highest BCUT2D eigenvalue weighted by Crippen LogP contribution is 2.11. The van der Waals surface area contributed by atoms with Gasteiger partial charge in [-0.15, -0.1) is 0 Å². The molecule has 2 rings (SSSR count). The van der Waals surface area contributed by atoms with Crippen LogP contribution in [0.1, 0.15) is 43.0 Å². The first-order valence-corrected chi connectivity index (χ1v) is 12.7. The third kappa shape index (κ3) is 7.61. The number of nitrogens with zero attached hydrogens (tertiary/aromatic N) is 2. The number of hydrogen-bond acceptors (Lipinski definition) is 4. The Morgan fingerprint density at radius 2 is 1.38 bits per heavy atom. The maximum atomic E-state index is 11.9. The lowest BCUT2D eigenvalue weighted by atomic mass is 10.1. The van der Waals surface area contributed by atoms with E-state index in [9.17, 15) is 9.59 Å². The van der Waals surface area contributed by atoms with Gasteiger partial charge >= 0.3 is 5.97 Å². The lowest BCUT2D eigenvalue weighted by molar-refractivity contribution is 0.0696. The molecule has 0 aliphatic heterocycles. The fourth-order valence-corrected chi connectivity index (χ4v) is 2.99. The monoisotopic (exact) mass is 407 g/mol. The van der Waals surface area contributed by atoms with Crippen molar-refractivity contribution < 1.29 is 14.7 Å². The van der Waals surface area contributed by atoms with Crippen LogP contribution in [0.5, 0.6) is 0 Å². The van der Waals surface area contributed by atoms with E-state index in [1.54, 1.807) is 25.1 Å². The number of nitriles is 2. The van der Waals surface area contributed by atoms with Crippen LogP contribution < -0.4 is 5.32 Å². The van der Waals surface area contributed by atoms with Gasteiger partial charge in [0.05, 0.1) is 36.9 Å². The van der Waals surface area contributed by atoms with Crippen LogP contribution in [0.2, 0.25) is 19.6 Å². The molecule has 0 atom stereocenters. The Bertz CT molecular complexity index is 996. The van der Waals surface area contributed by atoms with Crippen LogP contribution in [0.4, 0.5) is 0 Å². The lowest BCUT2D eigenvalue weighted by Gasteiger charge is -2.16. The van der Waals surface area contributed by atoms with Crippen LogP contribution in [0.3, 0.4) is 0 Å². The van der Waals surface area contributed by atoms with Crippen LogP contribution in [-0.2, 0) is 0 Å². The van der Waals surface area contributed by atoms with E-state index in [0.717, 1.165) is 11.7 Å². The number of carbonyl (C=O) groups excluding carboxylic acids is 1. The fourth-order valence-electron chi connectivity index (χ4n) is 2.30. The summed E-state index contributed by atoms with van der Waals surface area (Å²) in [5, 5.41) is 28.9. The Hall–Kier alpha value is -3.42. The Morgan fingerprint density at radius 3 is 1.76 bits per heavy atom. The number of nitrogens with one attached hydrogen (secondary N) is 1. The zero-order chi connectivity index (χ0) is 22.2. The quantitative estimate of drug-likeness (QED) is 0.743. The zero-order valence-electron chi connectivity index (χ0n) is 17.3. The van der Waals surface area contributed by atoms with Crippen LogP contribution in [0.25, 0.3) is 0 Å². The molecule has 7 heteroatoms. The molecular weight excluding hydrogens is 382 g/mol. The Kier molecular flexibility index (Phi) is 8.32. The number of hydrogen-bond donors (Lipinski definition) is 2. The molecule has 0 saturated carbocycles. The molecule has 0 heterocycles. The van der Waals surface area contributed by atoms with E-state index < -0.39 is 14.0 Å². The summed E-state index contributed by atoms with van der Waals surface area (Å²) in [5.41, 5.74) is 3.50. The fraction of sp³-hybridized carbons (Fsp3) is 0.273. The van der Waals surface area contributed by atoms with E-state index in [-0.39, 0.29) is 11.5 Å². The van der Waals surface area contributed by atoms with Crippen molar-refractivity contribution in [3.05, 3.63) is 69.8 Å². The van der Waals surface area contributed by atoms with E-state index in [4.69, 9.17) is 15.6 Å². The van der Waals surface area contributed by atoms with Gasteiger partial charge in [-0.1, -0.05) is 19.6 Å². The van der Waals surface area contributed by atoms with Crippen molar-refractivity contribution >= 4 is 20.0 Å². The predicted molar refractivity (Wildman–Crippen MR) is 114 cm³/mol. The third-order valence-electron chi connectivity index (χ3n) is 3.98. The number of rotatable bonds is 4. The van der Waals surface area contributed by atoms with Gasteiger partial charge < -0.3 is 10.4 Å². The molecule has 0 aliphatic rings. The molecule has 0 fully saturated rings. The highest BCUT2D eigenvalue weighted by atomic mass is 28.3. The van der Waals surface area contributed by atoms with E-state index >= 15 is 0 Å². The summed E-state index contributed by atoms with van der Waals surface area (Å²) >= 11 is 0. The van der Waals surface area contributed by atoms with Gasteiger partial charge in [-0.25, -0.2) is 4.79 Å².